The van der Waals surface area contributed by atoms with Crippen LogP contribution in [0.15, 0.2) is 200 Å². The molecule has 0 N–H and O–H groups in total. The van der Waals surface area contributed by atoms with E-state index in [9.17, 15) is 0 Å². The molecule has 0 fully saturated rings. The van der Waals surface area contributed by atoms with Crippen molar-refractivity contribution >= 4 is 32.7 Å². The van der Waals surface area contributed by atoms with Crippen LogP contribution in [0.4, 0.5) is 0 Å². The van der Waals surface area contributed by atoms with Gasteiger partial charge in [-0.25, -0.2) is 19.9 Å². The zero-order chi connectivity index (χ0) is 41.4. The molecular formula is C57H39N5. The van der Waals surface area contributed by atoms with Crippen molar-refractivity contribution in [2.45, 2.75) is 19.3 Å². The van der Waals surface area contributed by atoms with Crippen LogP contribution in [0.1, 0.15) is 25.0 Å². The summed E-state index contributed by atoms with van der Waals surface area (Å²) in [7, 11) is 0. The van der Waals surface area contributed by atoms with Gasteiger partial charge in [-0.15, -0.1) is 0 Å². The summed E-state index contributed by atoms with van der Waals surface area (Å²) in [6.07, 6.45) is 0. The van der Waals surface area contributed by atoms with Crippen LogP contribution in [0.25, 0.3) is 106 Å². The molecule has 3 heterocycles. The smallest absolute Gasteiger partial charge is 0.164 e. The zero-order valence-electron chi connectivity index (χ0n) is 34.3. The summed E-state index contributed by atoms with van der Waals surface area (Å²) in [6, 6.07) is 70.7. The molecule has 0 amide bonds. The number of rotatable bonds is 6. The van der Waals surface area contributed by atoms with Gasteiger partial charge in [0, 0.05) is 49.5 Å². The van der Waals surface area contributed by atoms with E-state index in [-0.39, 0.29) is 5.41 Å². The van der Waals surface area contributed by atoms with Crippen LogP contribution in [0.3, 0.4) is 0 Å². The number of nitrogens with zero attached hydrogens (tertiary/aromatic N) is 5. The molecule has 0 bridgehead atoms. The number of fused-ring (bicyclic) bond motifs is 8. The van der Waals surface area contributed by atoms with Crippen LogP contribution in [-0.4, -0.2) is 24.5 Å². The summed E-state index contributed by atoms with van der Waals surface area (Å²) in [4.78, 5) is 20.6. The highest BCUT2D eigenvalue weighted by atomic mass is 15.0. The first kappa shape index (κ1) is 35.9. The molecule has 0 spiro atoms. The van der Waals surface area contributed by atoms with Gasteiger partial charge in [0.2, 0.25) is 0 Å². The topological polar surface area (TPSA) is 56.5 Å². The Bertz CT molecular complexity index is 3520. The fraction of sp³-hybridized carbons (Fsp3) is 0.0526. The molecular weight excluding hydrogens is 755 g/mol. The number of aromatic nitrogens is 5. The second-order valence-corrected chi connectivity index (χ2v) is 16.6. The molecule has 0 saturated carbocycles. The molecule has 0 saturated heterocycles. The Morgan fingerprint density at radius 1 is 0.387 bits per heavy atom. The number of para-hydroxylation sites is 3. The maximum absolute atomic E-state index is 5.35. The second-order valence-electron chi connectivity index (χ2n) is 16.6. The molecule has 1 aliphatic carbocycles. The van der Waals surface area contributed by atoms with Crippen molar-refractivity contribution in [3.05, 3.63) is 211 Å². The Morgan fingerprint density at radius 3 is 1.63 bits per heavy atom. The lowest BCUT2D eigenvalue weighted by Gasteiger charge is -2.21. The van der Waals surface area contributed by atoms with Gasteiger partial charge in [-0.2, -0.15) is 0 Å². The van der Waals surface area contributed by atoms with Gasteiger partial charge >= 0.3 is 0 Å². The lowest BCUT2D eigenvalue weighted by molar-refractivity contribution is 0.660. The Balaban J connectivity index is 0.927. The maximum Gasteiger partial charge on any atom is 0.164 e. The lowest BCUT2D eigenvalue weighted by Crippen LogP contribution is -2.15. The van der Waals surface area contributed by atoms with E-state index < -0.39 is 0 Å². The third-order valence-electron chi connectivity index (χ3n) is 12.7. The van der Waals surface area contributed by atoms with Gasteiger partial charge < -0.3 is 4.57 Å². The number of pyridine rings is 1. The van der Waals surface area contributed by atoms with E-state index in [1.54, 1.807) is 0 Å². The normalized spacial score (nSPS) is 12.8. The zero-order valence-corrected chi connectivity index (χ0v) is 34.3. The molecule has 62 heavy (non-hydrogen) atoms. The average molecular weight is 794 g/mol. The van der Waals surface area contributed by atoms with Crippen molar-refractivity contribution < 1.29 is 0 Å². The SMILES string of the molecule is CC1(C)c2ccccc2-c2ccc(-c3nc(-c4ccccc4)nc(-c4ccc(-c5ccc(-c6nc7ccccc7c7c8ccccc8n(-c8ccccc8)c67)cc5)cc4)n3)cc21. The minimum Gasteiger partial charge on any atom is -0.307 e. The number of benzene rings is 8. The Labute approximate surface area is 359 Å². The van der Waals surface area contributed by atoms with E-state index in [0.29, 0.717) is 17.5 Å². The van der Waals surface area contributed by atoms with Gasteiger partial charge in [-0.1, -0.05) is 184 Å². The van der Waals surface area contributed by atoms with Gasteiger partial charge in [0.25, 0.3) is 0 Å². The summed E-state index contributed by atoms with van der Waals surface area (Å²) in [6.45, 7) is 4.60. The monoisotopic (exact) mass is 793 g/mol. The van der Waals surface area contributed by atoms with Crippen LogP contribution in [0, 0.1) is 0 Å². The highest BCUT2D eigenvalue weighted by molar-refractivity contribution is 6.23. The maximum atomic E-state index is 5.35. The Kier molecular flexibility index (Phi) is 8.12. The largest absolute Gasteiger partial charge is 0.307 e. The van der Waals surface area contributed by atoms with E-state index in [0.717, 1.165) is 66.7 Å². The van der Waals surface area contributed by atoms with Crippen LogP contribution in [0.5, 0.6) is 0 Å². The second kappa shape index (κ2) is 14.0. The van der Waals surface area contributed by atoms with E-state index in [1.165, 1.54) is 33.0 Å². The third-order valence-corrected chi connectivity index (χ3v) is 12.7. The van der Waals surface area contributed by atoms with Crippen LogP contribution in [0.2, 0.25) is 0 Å². The minimum atomic E-state index is -0.130. The lowest BCUT2D eigenvalue weighted by atomic mass is 9.82. The van der Waals surface area contributed by atoms with Gasteiger partial charge in [0.15, 0.2) is 17.5 Å². The molecule has 0 aliphatic heterocycles. The van der Waals surface area contributed by atoms with E-state index in [2.05, 4.69) is 200 Å². The van der Waals surface area contributed by atoms with Crippen molar-refractivity contribution in [1.29, 1.82) is 0 Å². The fourth-order valence-electron chi connectivity index (χ4n) is 9.57. The third kappa shape index (κ3) is 5.70. The molecule has 3 aromatic heterocycles. The van der Waals surface area contributed by atoms with Gasteiger partial charge in [-0.3, -0.25) is 0 Å². The van der Waals surface area contributed by atoms with Crippen molar-refractivity contribution in [2.24, 2.45) is 0 Å². The highest BCUT2D eigenvalue weighted by Crippen LogP contribution is 2.49. The summed E-state index contributed by atoms with van der Waals surface area (Å²) >= 11 is 0. The molecule has 0 unspecified atom stereocenters. The van der Waals surface area contributed by atoms with Crippen molar-refractivity contribution in [3.63, 3.8) is 0 Å². The van der Waals surface area contributed by atoms with Gasteiger partial charge in [0.05, 0.1) is 22.2 Å². The van der Waals surface area contributed by atoms with Crippen LogP contribution < -0.4 is 0 Å². The van der Waals surface area contributed by atoms with Crippen molar-refractivity contribution in [3.8, 4) is 73.4 Å². The number of hydrogen-bond donors (Lipinski definition) is 0. The molecule has 0 atom stereocenters. The van der Waals surface area contributed by atoms with E-state index in [4.69, 9.17) is 19.9 Å². The first-order valence-corrected chi connectivity index (χ1v) is 21.1. The first-order chi connectivity index (χ1) is 30.5. The molecule has 5 heteroatoms. The molecule has 8 aromatic carbocycles. The van der Waals surface area contributed by atoms with E-state index in [1.807, 2.05) is 18.2 Å². The van der Waals surface area contributed by atoms with Crippen molar-refractivity contribution in [1.82, 2.24) is 24.5 Å². The highest BCUT2D eigenvalue weighted by Gasteiger charge is 2.35. The van der Waals surface area contributed by atoms with E-state index >= 15 is 0 Å². The molecule has 1 aliphatic rings. The van der Waals surface area contributed by atoms with Gasteiger partial charge in [-0.05, 0) is 63.7 Å². The minimum absolute atomic E-state index is 0.130. The summed E-state index contributed by atoms with van der Waals surface area (Å²) in [5.74, 6) is 1.95. The summed E-state index contributed by atoms with van der Waals surface area (Å²) in [5, 5.41) is 3.58. The standard InChI is InChI=1S/C57H39N5/c1-57(2)47-22-12-9-19-43(47)44-34-33-41(35-48(44)57)56-60-54(39-15-5-3-6-16-39)59-55(61-56)40-31-27-37(28-32-40)36-25-29-38(30-26-36)52-53-51(45-20-10-13-23-49(45)58-52)46-21-11-14-24-50(46)62(53)42-17-7-4-8-18-42/h3-35H,1-2H3. The molecule has 12 rings (SSSR count). The fourth-order valence-corrected chi connectivity index (χ4v) is 9.57. The van der Waals surface area contributed by atoms with Crippen molar-refractivity contribution in [2.75, 3.05) is 0 Å². The predicted molar refractivity (Wildman–Crippen MR) is 254 cm³/mol. The first-order valence-electron chi connectivity index (χ1n) is 21.1. The predicted octanol–water partition coefficient (Wildman–Crippen LogP) is 14.2. The van der Waals surface area contributed by atoms with Crippen LogP contribution in [-0.2, 0) is 5.41 Å². The molecule has 292 valence electrons. The summed E-state index contributed by atoms with van der Waals surface area (Å²) in [5.41, 5.74) is 16.5. The average Bonchev–Trinajstić information content (AvgIpc) is 3.81. The van der Waals surface area contributed by atoms with Gasteiger partial charge in [0.1, 0.15) is 0 Å². The Hall–Kier alpha value is -8.02. The Morgan fingerprint density at radius 2 is 0.903 bits per heavy atom. The molecule has 0 radical (unpaired) electrons. The summed E-state index contributed by atoms with van der Waals surface area (Å²) < 4.78 is 2.37. The number of hydrogen-bond acceptors (Lipinski definition) is 4. The molecule has 5 nitrogen and oxygen atoms in total. The quantitative estimate of drug-likeness (QED) is 0.168. The molecule has 11 aromatic rings. The van der Waals surface area contributed by atoms with Crippen LogP contribution >= 0.6 is 0 Å².